The molecule has 0 spiro atoms. The van der Waals surface area contributed by atoms with Crippen molar-refractivity contribution in [2.24, 2.45) is 0 Å². The molecule has 2 aromatic rings. The van der Waals surface area contributed by atoms with Crippen molar-refractivity contribution in [1.29, 1.82) is 0 Å². The first-order chi connectivity index (χ1) is 47.1. The molecular formula is C93H168N2Pd. The first kappa shape index (κ1) is 96.1. The number of benzene rings is 2. The van der Waals surface area contributed by atoms with Crippen LogP contribution in [0.1, 0.15) is 493 Å². The smallest absolute Gasteiger partial charge is 0.348 e. The zero-order chi connectivity index (χ0) is 68.7. The number of hydrogen-bond acceptors (Lipinski definition) is 0. The summed E-state index contributed by atoms with van der Waals surface area (Å²) in [6, 6.07) is 18.1. The molecule has 0 aromatic heterocycles. The van der Waals surface area contributed by atoms with E-state index in [-0.39, 0.29) is 20.4 Å². The summed E-state index contributed by atoms with van der Waals surface area (Å²) in [5.74, 6) is 2.72. The van der Waals surface area contributed by atoms with Crippen LogP contribution >= 0.6 is 0 Å². The Morgan fingerprint density at radius 3 is 0.844 bits per heavy atom. The van der Waals surface area contributed by atoms with E-state index in [1.54, 1.807) is 0 Å². The van der Waals surface area contributed by atoms with Gasteiger partial charge >= 0.3 is 20.4 Å². The molecule has 2 rings (SSSR count). The van der Waals surface area contributed by atoms with E-state index in [1.165, 1.54) is 444 Å². The van der Waals surface area contributed by atoms with Gasteiger partial charge < -0.3 is 19.4 Å². The summed E-state index contributed by atoms with van der Waals surface area (Å²) in [6.45, 7) is 19.2. The van der Waals surface area contributed by atoms with Crippen molar-refractivity contribution in [2.45, 2.75) is 484 Å². The third-order valence-corrected chi connectivity index (χ3v) is 20.5. The Kier molecular flexibility index (Phi) is 83.7. The first-order valence-electron chi connectivity index (χ1n) is 43.5. The molecule has 0 bridgehead atoms. The van der Waals surface area contributed by atoms with Gasteiger partial charge in [0.25, 0.3) is 5.87 Å². The molecule has 0 aliphatic carbocycles. The minimum Gasteiger partial charge on any atom is -0.348 e. The standard InChI is InChI=1S/C33H46N2.2C30H61.Pd/c1-4-7-10-11-12-14-19-30(25-26-35-34)33(31-23-21-28(22-24-31)16-9-6-3)32-20-15-18-29(27-32)17-13-8-5-2;2*1-3-5-7-9-11-13-15-17-19-21-23-25-27-29-30-28-26-24-22-20-18-16-14-12-10-8-6-4-2;/h15,18,20-25,27H,4-14,16-17,19H2,1-3H3;2*1,3-30H2,2H3;/q;2*-1;+2. The fraction of sp³-hybridized carbons (Fsp3) is 0.806. The number of hydrogen-bond donors (Lipinski definition) is 0. The second-order valence-electron chi connectivity index (χ2n) is 29.8. The van der Waals surface area contributed by atoms with E-state index in [0.717, 1.165) is 38.5 Å². The molecule has 0 unspecified atom stereocenters. The zero-order valence-corrected chi connectivity index (χ0v) is 67.4. The van der Waals surface area contributed by atoms with Gasteiger partial charge in [0, 0.05) is 0 Å². The summed E-state index contributed by atoms with van der Waals surface area (Å²) < 4.78 is 0. The van der Waals surface area contributed by atoms with Gasteiger partial charge in [0.2, 0.25) is 0 Å². The van der Waals surface area contributed by atoms with Gasteiger partial charge in [-0.3, -0.25) is 0 Å². The summed E-state index contributed by atoms with van der Waals surface area (Å²) in [5, 5.41) is 0. The van der Waals surface area contributed by atoms with E-state index in [0.29, 0.717) is 0 Å². The van der Waals surface area contributed by atoms with Crippen LogP contribution in [0.25, 0.3) is 11.1 Å². The molecule has 0 aliphatic rings. The van der Waals surface area contributed by atoms with E-state index < -0.39 is 0 Å². The van der Waals surface area contributed by atoms with Crippen LogP contribution in [0.2, 0.25) is 0 Å². The molecule has 0 heterocycles. The van der Waals surface area contributed by atoms with Gasteiger partial charge in [0.1, 0.15) is 0 Å². The van der Waals surface area contributed by atoms with Crippen molar-refractivity contribution in [2.75, 3.05) is 0 Å². The predicted octanol–water partition coefficient (Wildman–Crippen LogP) is 33.3. The zero-order valence-electron chi connectivity index (χ0n) is 65.8. The van der Waals surface area contributed by atoms with Gasteiger partial charge in [-0.15, -0.1) is 4.79 Å². The SMILES string of the molecule is CCCCCCCCC(C=C=[N+]=[N-])=C(c1ccc(CCCC)cc1)c1cccc(CCCCC)c1.[CH2-]CCCCCCCCCCCCCCCCCCCCCCCCCCCCC.[CH2-]CCCCCCCCCCCCCCCCCCCCCCCCCCCCC.[Pd+2]. The van der Waals surface area contributed by atoms with Gasteiger partial charge in [-0.1, -0.05) is 481 Å². The van der Waals surface area contributed by atoms with Gasteiger partial charge in [-0.05, 0) is 71.9 Å². The largest absolute Gasteiger partial charge is 2.00 e. The van der Waals surface area contributed by atoms with Gasteiger partial charge in [0.05, 0.1) is 6.08 Å². The van der Waals surface area contributed by atoms with E-state index in [9.17, 15) is 0 Å². The van der Waals surface area contributed by atoms with Gasteiger partial charge in [-0.2, -0.15) is 12.8 Å². The molecule has 0 fully saturated rings. The number of aryl methyl sites for hydroxylation is 2. The predicted molar refractivity (Wildman–Crippen MR) is 433 cm³/mol. The Hall–Kier alpha value is -2.00. The third-order valence-electron chi connectivity index (χ3n) is 20.5. The van der Waals surface area contributed by atoms with Crippen molar-refractivity contribution in [3.63, 3.8) is 0 Å². The van der Waals surface area contributed by atoms with Gasteiger partial charge in [0.15, 0.2) is 0 Å². The molecule has 0 N–H and O–H groups in total. The Bertz CT molecular complexity index is 1790. The van der Waals surface area contributed by atoms with Crippen LogP contribution in [0.3, 0.4) is 0 Å². The Morgan fingerprint density at radius 1 is 0.302 bits per heavy atom. The average Bonchev–Trinajstić information content (AvgIpc) is 0.844. The van der Waals surface area contributed by atoms with E-state index in [1.807, 2.05) is 6.08 Å². The maximum absolute atomic E-state index is 9.15. The monoisotopic (exact) mass is 1420 g/mol. The minimum absolute atomic E-state index is 0. The molecule has 0 saturated heterocycles. The number of rotatable bonds is 71. The van der Waals surface area contributed by atoms with Crippen LogP contribution in [0.4, 0.5) is 0 Å². The molecule has 96 heavy (non-hydrogen) atoms. The molecule has 2 nitrogen and oxygen atoms in total. The average molecular weight is 1420 g/mol. The number of nitrogens with zero attached hydrogens (tertiary/aromatic N) is 2. The van der Waals surface area contributed by atoms with Crippen molar-refractivity contribution in [3.05, 3.63) is 102 Å². The Labute approximate surface area is 618 Å². The molecule has 0 atom stereocenters. The van der Waals surface area contributed by atoms with Crippen molar-refractivity contribution in [1.82, 2.24) is 0 Å². The second-order valence-corrected chi connectivity index (χ2v) is 29.8. The topological polar surface area (TPSA) is 36.4 Å². The van der Waals surface area contributed by atoms with Crippen LogP contribution in [0.5, 0.6) is 0 Å². The van der Waals surface area contributed by atoms with Crippen molar-refractivity contribution in [3.8, 4) is 0 Å². The van der Waals surface area contributed by atoms with E-state index >= 15 is 0 Å². The van der Waals surface area contributed by atoms with Crippen LogP contribution in [-0.2, 0) is 33.3 Å². The van der Waals surface area contributed by atoms with Crippen LogP contribution < -0.4 is 0 Å². The number of unbranched alkanes of at least 4 members (excludes halogenated alkanes) is 62. The van der Waals surface area contributed by atoms with Crippen LogP contribution in [-0.4, -0.2) is 10.7 Å². The molecule has 0 saturated carbocycles. The minimum atomic E-state index is 0. The Morgan fingerprint density at radius 2 is 0.562 bits per heavy atom. The summed E-state index contributed by atoms with van der Waals surface area (Å²) in [6.07, 6.45) is 100. The summed E-state index contributed by atoms with van der Waals surface area (Å²) >= 11 is 0. The van der Waals surface area contributed by atoms with E-state index in [2.05, 4.69) is 108 Å². The third kappa shape index (κ3) is 69.1. The molecule has 0 aliphatic heterocycles. The van der Waals surface area contributed by atoms with Crippen LogP contribution in [0, 0.1) is 13.8 Å². The molecule has 0 amide bonds. The molecule has 3 heteroatoms. The maximum Gasteiger partial charge on any atom is 2.00 e. The summed E-state index contributed by atoms with van der Waals surface area (Å²) in [7, 11) is 0. The normalized spacial score (nSPS) is 11.3. The fourth-order valence-corrected chi connectivity index (χ4v) is 14.0. The first-order valence-corrected chi connectivity index (χ1v) is 43.5. The van der Waals surface area contributed by atoms with Crippen LogP contribution in [0.15, 0.2) is 60.2 Å². The molecule has 2 aromatic carbocycles. The van der Waals surface area contributed by atoms with Crippen molar-refractivity contribution < 1.29 is 25.2 Å². The Balaban J connectivity index is 0. The van der Waals surface area contributed by atoms with Gasteiger partial charge in [-0.25, -0.2) is 0 Å². The molecule has 0 radical (unpaired) electrons. The van der Waals surface area contributed by atoms with Crippen molar-refractivity contribution >= 4 is 11.4 Å². The molecule has 560 valence electrons. The molecular weight excluding hydrogens is 1250 g/mol. The summed E-state index contributed by atoms with van der Waals surface area (Å²) in [4.78, 5) is 3.19. The fourth-order valence-electron chi connectivity index (χ4n) is 14.0. The maximum atomic E-state index is 9.15. The quantitative estimate of drug-likeness (QED) is 0.0120. The van der Waals surface area contributed by atoms with E-state index in [4.69, 9.17) is 5.53 Å². The number of allylic oxidation sites excluding steroid dienone is 2. The summed E-state index contributed by atoms with van der Waals surface area (Å²) in [5.41, 5.74) is 16.9. The second kappa shape index (κ2) is 83.7.